The number of imidazole rings is 1. The van der Waals surface area contributed by atoms with Gasteiger partial charge in [-0.05, 0) is 5.92 Å². The highest BCUT2D eigenvalue weighted by Gasteiger charge is 2.47. The standard InChI is InChI=1S/C19H20N8O5S/c1-21-17(30)14-12(28)13(29)19(32-14)27-7-23-11-15(20)24-10(25-16(11)27)4-3-5-26(2)18(31)9-6-22-8-33-9/h6-8,12-14,19,28-29H,5H2,1-2H3,(H,21,30)(H2,20,24,25)/t12-,13+,14?,19?/m0/s1. The first-order valence-corrected chi connectivity index (χ1v) is 10.6. The molecule has 1 saturated heterocycles. The van der Waals surface area contributed by atoms with Gasteiger partial charge in [-0.15, -0.1) is 11.3 Å². The number of nitrogen functional groups attached to an aromatic ring is 1. The molecule has 2 unspecified atom stereocenters. The van der Waals surface area contributed by atoms with Crippen LogP contribution in [-0.2, 0) is 9.53 Å². The number of carbonyl (C=O) groups excluding carboxylic acids is 2. The molecule has 4 atom stereocenters. The SMILES string of the molecule is CNC(=O)C1OC(n2cnc3c(N)nc(C#CCN(C)C(=O)c4cncs4)nc32)[C@H](O)[C@@H]1O. The number of nitrogens with zero attached hydrogens (tertiary/aromatic N) is 6. The van der Waals surface area contributed by atoms with Crippen LogP contribution in [0, 0.1) is 11.8 Å². The molecule has 14 heteroatoms. The number of thiazole rings is 1. The number of hydrogen-bond donors (Lipinski definition) is 4. The molecule has 5 N–H and O–H groups in total. The summed E-state index contributed by atoms with van der Waals surface area (Å²) in [6.07, 6.45) is -2.45. The van der Waals surface area contributed by atoms with Crippen molar-refractivity contribution < 1.29 is 24.5 Å². The predicted molar refractivity (Wildman–Crippen MR) is 116 cm³/mol. The van der Waals surface area contributed by atoms with Gasteiger partial charge in [-0.2, -0.15) is 0 Å². The van der Waals surface area contributed by atoms with Crippen LogP contribution in [0.1, 0.15) is 21.7 Å². The number of fused-ring (bicyclic) bond motifs is 1. The maximum absolute atomic E-state index is 12.3. The molecule has 3 aromatic heterocycles. The van der Waals surface area contributed by atoms with Crippen LogP contribution in [-0.4, -0.2) is 90.4 Å². The highest BCUT2D eigenvalue weighted by molar-refractivity contribution is 7.11. The van der Waals surface area contributed by atoms with Crippen LogP contribution < -0.4 is 11.1 Å². The molecule has 0 saturated carbocycles. The van der Waals surface area contributed by atoms with E-state index in [9.17, 15) is 19.8 Å². The van der Waals surface area contributed by atoms with Gasteiger partial charge in [-0.1, -0.05) is 5.92 Å². The minimum Gasteiger partial charge on any atom is -0.387 e. The lowest BCUT2D eigenvalue weighted by Crippen LogP contribution is -2.41. The van der Waals surface area contributed by atoms with Gasteiger partial charge in [0.1, 0.15) is 22.6 Å². The van der Waals surface area contributed by atoms with Gasteiger partial charge in [0, 0.05) is 14.1 Å². The molecule has 0 radical (unpaired) electrons. The summed E-state index contributed by atoms with van der Waals surface area (Å²) >= 11 is 1.23. The summed E-state index contributed by atoms with van der Waals surface area (Å²) in [5, 5.41) is 23.0. The zero-order valence-corrected chi connectivity index (χ0v) is 18.4. The average molecular weight is 472 g/mol. The second-order valence-electron chi connectivity index (χ2n) is 7.13. The maximum Gasteiger partial charge on any atom is 0.266 e. The summed E-state index contributed by atoms with van der Waals surface area (Å²) in [4.78, 5) is 42.6. The van der Waals surface area contributed by atoms with Crippen molar-refractivity contribution in [1.29, 1.82) is 0 Å². The molecule has 1 fully saturated rings. The maximum atomic E-state index is 12.3. The molecule has 33 heavy (non-hydrogen) atoms. The Kier molecular flexibility index (Phi) is 6.20. The Hall–Kier alpha value is -3.64. The van der Waals surface area contributed by atoms with Crippen LogP contribution in [0.25, 0.3) is 11.2 Å². The van der Waals surface area contributed by atoms with E-state index in [1.165, 1.54) is 40.4 Å². The number of aliphatic hydroxyl groups is 2. The Bertz CT molecular complexity index is 1250. The number of aliphatic hydroxyl groups excluding tert-OH is 2. The normalized spacial score (nSPS) is 22.1. The van der Waals surface area contributed by atoms with Crippen LogP contribution >= 0.6 is 11.3 Å². The van der Waals surface area contributed by atoms with E-state index in [0.717, 1.165) is 0 Å². The number of hydrogen-bond acceptors (Lipinski definition) is 11. The largest absolute Gasteiger partial charge is 0.387 e. The molecule has 2 amide bonds. The molecule has 3 aromatic rings. The molecule has 1 aliphatic rings. The third-order valence-electron chi connectivity index (χ3n) is 4.97. The molecular weight excluding hydrogens is 452 g/mol. The Morgan fingerprint density at radius 3 is 2.85 bits per heavy atom. The van der Waals surface area contributed by atoms with Gasteiger partial charge < -0.3 is 30.9 Å². The van der Waals surface area contributed by atoms with E-state index in [-0.39, 0.29) is 35.3 Å². The number of anilines is 1. The highest BCUT2D eigenvalue weighted by atomic mass is 32.1. The Labute approximate surface area is 191 Å². The van der Waals surface area contributed by atoms with Crippen molar-refractivity contribution in [3.05, 3.63) is 28.7 Å². The fourth-order valence-corrected chi connectivity index (χ4v) is 3.86. The number of nitrogens with two attached hydrogens (primary N) is 1. The van der Waals surface area contributed by atoms with Crippen LogP contribution in [0.15, 0.2) is 18.0 Å². The van der Waals surface area contributed by atoms with Crippen molar-refractivity contribution in [2.24, 2.45) is 0 Å². The lowest BCUT2D eigenvalue weighted by molar-refractivity contribution is -0.137. The van der Waals surface area contributed by atoms with Gasteiger partial charge in [0.2, 0.25) is 5.82 Å². The summed E-state index contributed by atoms with van der Waals surface area (Å²) in [7, 11) is 3.00. The van der Waals surface area contributed by atoms with E-state index in [2.05, 4.69) is 37.1 Å². The van der Waals surface area contributed by atoms with Gasteiger partial charge >= 0.3 is 0 Å². The summed E-state index contributed by atoms with van der Waals surface area (Å²) in [5.41, 5.74) is 8.01. The Morgan fingerprint density at radius 2 is 2.15 bits per heavy atom. The van der Waals surface area contributed by atoms with Gasteiger partial charge in [-0.3, -0.25) is 19.1 Å². The molecule has 172 valence electrons. The predicted octanol–water partition coefficient (Wildman–Crippen LogP) is -1.65. The molecule has 0 aliphatic carbocycles. The molecule has 13 nitrogen and oxygen atoms in total. The average Bonchev–Trinajstić information content (AvgIpc) is 3.54. The lowest BCUT2D eigenvalue weighted by Gasteiger charge is -2.16. The fourth-order valence-electron chi connectivity index (χ4n) is 3.25. The van der Waals surface area contributed by atoms with Gasteiger partial charge in [0.05, 0.1) is 24.6 Å². The van der Waals surface area contributed by atoms with Crippen molar-refractivity contribution in [2.75, 3.05) is 26.4 Å². The first-order valence-electron chi connectivity index (χ1n) is 9.68. The number of ether oxygens (including phenoxy) is 1. The van der Waals surface area contributed by atoms with Crippen molar-refractivity contribution in [3.63, 3.8) is 0 Å². The molecule has 0 spiro atoms. The van der Waals surface area contributed by atoms with E-state index in [4.69, 9.17) is 10.5 Å². The van der Waals surface area contributed by atoms with Crippen LogP contribution in [0.3, 0.4) is 0 Å². The van der Waals surface area contributed by atoms with E-state index in [1.54, 1.807) is 12.6 Å². The topological polar surface area (TPSA) is 182 Å². The molecule has 0 aromatic carbocycles. The van der Waals surface area contributed by atoms with Crippen molar-refractivity contribution >= 4 is 40.1 Å². The second-order valence-corrected chi connectivity index (χ2v) is 8.01. The van der Waals surface area contributed by atoms with Crippen molar-refractivity contribution in [3.8, 4) is 11.8 Å². The summed E-state index contributed by atoms with van der Waals surface area (Å²) in [5.74, 6) is 4.90. The monoisotopic (exact) mass is 472 g/mol. The minimum absolute atomic E-state index is 0.0491. The number of likely N-dealkylation sites (N-methyl/N-ethyl adjacent to an activating group) is 1. The lowest BCUT2D eigenvalue weighted by atomic mass is 10.1. The van der Waals surface area contributed by atoms with Crippen LogP contribution in [0.2, 0.25) is 0 Å². The zero-order valence-electron chi connectivity index (χ0n) is 17.5. The quantitative estimate of drug-likeness (QED) is 0.321. The van der Waals surface area contributed by atoms with E-state index < -0.39 is 30.4 Å². The molecule has 4 rings (SSSR count). The van der Waals surface area contributed by atoms with Gasteiger partial charge in [0.25, 0.3) is 11.8 Å². The third-order valence-corrected chi connectivity index (χ3v) is 5.73. The number of amides is 2. The van der Waals surface area contributed by atoms with E-state index in [1.807, 2.05) is 0 Å². The number of aromatic nitrogens is 5. The van der Waals surface area contributed by atoms with Crippen LogP contribution in [0.4, 0.5) is 5.82 Å². The molecule has 0 bridgehead atoms. The van der Waals surface area contributed by atoms with Gasteiger partial charge in [0.15, 0.2) is 23.8 Å². The summed E-state index contributed by atoms with van der Waals surface area (Å²) < 4.78 is 6.93. The summed E-state index contributed by atoms with van der Waals surface area (Å²) in [6, 6.07) is 0. The Morgan fingerprint density at radius 1 is 1.36 bits per heavy atom. The fraction of sp³-hybridized carbons (Fsp3) is 0.368. The number of nitrogens with one attached hydrogen (secondary N) is 1. The first kappa shape index (κ1) is 22.6. The first-order chi connectivity index (χ1) is 15.8. The molecule has 1 aliphatic heterocycles. The summed E-state index contributed by atoms with van der Waals surface area (Å²) in [6.45, 7) is 0.113. The Balaban J connectivity index is 1.58. The number of carbonyl (C=O) groups is 2. The minimum atomic E-state index is -1.45. The number of rotatable bonds is 4. The van der Waals surface area contributed by atoms with E-state index in [0.29, 0.717) is 4.88 Å². The van der Waals surface area contributed by atoms with Crippen LogP contribution in [0.5, 0.6) is 0 Å². The molecular formula is C19H20N8O5S. The van der Waals surface area contributed by atoms with Gasteiger partial charge in [-0.25, -0.2) is 15.0 Å². The zero-order chi connectivity index (χ0) is 23.7. The molecule has 4 heterocycles. The smallest absolute Gasteiger partial charge is 0.266 e. The highest BCUT2D eigenvalue weighted by Crippen LogP contribution is 2.32. The van der Waals surface area contributed by atoms with E-state index >= 15 is 0 Å². The second kappa shape index (κ2) is 9.08. The van der Waals surface area contributed by atoms with Crippen molar-refractivity contribution in [1.82, 2.24) is 34.7 Å². The van der Waals surface area contributed by atoms with Crippen molar-refractivity contribution in [2.45, 2.75) is 24.5 Å². The third kappa shape index (κ3) is 4.22.